The molecule has 2 aromatic rings. The number of hydrogen-bond donors (Lipinski definition) is 2. The minimum atomic E-state index is -3.71. The van der Waals surface area contributed by atoms with Gasteiger partial charge < -0.3 is 10.0 Å². The zero-order valence-electron chi connectivity index (χ0n) is 15.4. The molecule has 1 aliphatic rings. The van der Waals surface area contributed by atoms with Crippen LogP contribution in [0.15, 0.2) is 53.4 Å². The molecule has 1 aliphatic heterocycles. The monoisotopic (exact) mass is 388 g/mol. The van der Waals surface area contributed by atoms with Gasteiger partial charge in [0.1, 0.15) is 0 Å². The van der Waals surface area contributed by atoms with Gasteiger partial charge in [-0.25, -0.2) is 13.1 Å². The van der Waals surface area contributed by atoms with Crippen molar-refractivity contribution < 1.29 is 18.3 Å². The highest BCUT2D eigenvalue weighted by Gasteiger charge is 2.26. The highest BCUT2D eigenvalue weighted by Crippen LogP contribution is 2.30. The third-order valence-corrected chi connectivity index (χ3v) is 6.34. The highest BCUT2D eigenvalue weighted by atomic mass is 32.2. The smallest absolute Gasteiger partial charge is 0.240 e. The summed E-state index contributed by atoms with van der Waals surface area (Å²) in [4.78, 5) is 13.5. The highest BCUT2D eigenvalue weighted by molar-refractivity contribution is 7.89. The van der Waals surface area contributed by atoms with Gasteiger partial charge in [0.2, 0.25) is 15.9 Å². The molecular weight excluding hydrogens is 364 g/mol. The lowest BCUT2D eigenvalue weighted by molar-refractivity contribution is -0.116. The van der Waals surface area contributed by atoms with E-state index in [2.05, 4.69) is 4.72 Å². The van der Waals surface area contributed by atoms with Crippen molar-refractivity contribution in [1.82, 2.24) is 4.72 Å². The molecule has 27 heavy (non-hydrogen) atoms. The van der Waals surface area contributed by atoms with Crippen molar-refractivity contribution >= 4 is 21.6 Å². The van der Waals surface area contributed by atoms with Gasteiger partial charge in [0.05, 0.1) is 11.0 Å². The molecule has 3 rings (SSSR count). The SMILES string of the molecule is CC(=O)N1CCc2cc(S(=O)(=O)NC(C)CC(O)c3ccccc3)ccc21. The minimum absolute atomic E-state index is 0.0500. The second-order valence-electron chi connectivity index (χ2n) is 6.90. The van der Waals surface area contributed by atoms with E-state index in [-0.39, 0.29) is 17.2 Å². The van der Waals surface area contributed by atoms with E-state index in [1.165, 1.54) is 13.0 Å². The van der Waals surface area contributed by atoms with Crippen LogP contribution in [0.4, 0.5) is 5.69 Å². The third-order valence-electron chi connectivity index (χ3n) is 4.75. The van der Waals surface area contributed by atoms with Crippen molar-refractivity contribution in [3.8, 4) is 0 Å². The standard InChI is InChI=1S/C20H24N2O4S/c1-14(12-20(24)16-6-4-3-5-7-16)21-27(25,26)18-8-9-19-17(13-18)10-11-22(19)15(2)23/h3-9,13-14,20-21,24H,10-12H2,1-2H3. The number of nitrogens with zero attached hydrogens (tertiary/aromatic N) is 1. The number of aliphatic hydroxyl groups excluding tert-OH is 1. The lowest BCUT2D eigenvalue weighted by Crippen LogP contribution is -2.33. The Morgan fingerprint density at radius 2 is 1.93 bits per heavy atom. The Hall–Kier alpha value is -2.22. The summed E-state index contributed by atoms with van der Waals surface area (Å²) >= 11 is 0. The molecule has 7 heteroatoms. The summed E-state index contributed by atoms with van der Waals surface area (Å²) in [5, 5.41) is 10.3. The number of nitrogens with one attached hydrogen (secondary N) is 1. The number of sulfonamides is 1. The van der Waals surface area contributed by atoms with Crippen LogP contribution in [0, 0.1) is 0 Å². The molecule has 2 aromatic carbocycles. The first-order valence-electron chi connectivity index (χ1n) is 8.94. The maximum atomic E-state index is 12.7. The molecule has 144 valence electrons. The quantitative estimate of drug-likeness (QED) is 0.796. The van der Waals surface area contributed by atoms with E-state index in [4.69, 9.17) is 0 Å². The Balaban J connectivity index is 1.71. The summed E-state index contributed by atoms with van der Waals surface area (Å²) in [6.07, 6.45) is 0.167. The van der Waals surface area contributed by atoms with Crippen LogP contribution in [0.2, 0.25) is 0 Å². The predicted octanol–water partition coefficient (Wildman–Crippen LogP) is 2.39. The molecular formula is C20H24N2O4S. The van der Waals surface area contributed by atoms with Crippen LogP contribution >= 0.6 is 0 Å². The third kappa shape index (κ3) is 4.37. The fourth-order valence-electron chi connectivity index (χ4n) is 3.40. The van der Waals surface area contributed by atoms with Crippen molar-refractivity contribution in [2.75, 3.05) is 11.4 Å². The van der Waals surface area contributed by atoms with Crippen molar-refractivity contribution in [1.29, 1.82) is 0 Å². The average molecular weight is 388 g/mol. The minimum Gasteiger partial charge on any atom is -0.388 e. The summed E-state index contributed by atoms with van der Waals surface area (Å²) in [7, 11) is -3.71. The van der Waals surface area contributed by atoms with Gasteiger partial charge in [-0.1, -0.05) is 30.3 Å². The topological polar surface area (TPSA) is 86.7 Å². The largest absolute Gasteiger partial charge is 0.388 e. The van der Waals surface area contributed by atoms with Gasteiger partial charge in [-0.3, -0.25) is 4.79 Å². The first-order valence-corrected chi connectivity index (χ1v) is 10.4. The zero-order chi connectivity index (χ0) is 19.6. The number of benzene rings is 2. The van der Waals surface area contributed by atoms with Crippen LogP contribution in [0.5, 0.6) is 0 Å². The zero-order valence-corrected chi connectivity index (χ0v) is 16.2. The summed E-state index contributed by atoms with van der Waals surface area (Å²) in [5.74, 6) is -0.0500. The molecule has 1 amide bonds. The van der Waals surface area contributed by atoms with E-state index in [0.29, 0.717) is 13.0 Å². The van der Waals surface area contributed by atoms with Crippen LogP contribution in [-0.4, -0.2) is 32.0 Å². The Morgan fingerprint density at radius 3 is 2.59 bits per heavy atom. The Labute approximate surface area is 159 Å². The summed E-state index contributed by atoms with van der Waals surface area (Å²) < 4.78 is 28.0. The molecule has 0 aromatic heterocycles. The van der Waals surface area contributed by atoms with Crippen molar-refractivity contribution in [2.45, 2.75) is 43.7 Å². The fourth-order valence-corrected chi connectivity index (χ4v) is 4.71. The second-order valence-corrected chi connectivity index (χ2v) is 8.61. The average Bonchev–Trinajstić information content (AvgIpc) is 3.05. The fraction of sp³-hybridized carbons (Fsp3) is 0.350. The number of fused-ring (bicyclic) bond motifs is 1. The normalized spacial score (nSPS) is 16.0. The molecule has 0 aliphatic carbocycles. The van der Waals surface area contributed by atoms with Crippen LogP contribution in [-0.2, 0) is 21.2 Å². The first kappa shape index (κ1) is 19.5. The lowest BCUT2D eigenvalue weighted by Gasteiger charge is -2.19. The Bertz CT molecular complexity index is 928. The second kappa shape index (κ2) is 7.80. The summed E-state index contributed by atoms with van der Waals surface area (Å²) in [6, 6.07) is 13.5. The molecule has 2 N–H and O–H groups in total. The van der Waals surface area contributed by atoms with Crippen molar-refractivity contribution in [2.24, 2.45) is 0 Å². The van der Waals surface area contributed by atoms with Crippen LogP contribution in [0.3, 0.4) is 0 Å². The molecule has 0 saturated carbocycles. The molecule has 0 radical (unpaired) electrons. The maximum Gasteiger partial charge on any atom is 0.240 e. The van der Waals surface area contributed by atoms with E-state index in [1.807, 2.05) is 30.3 Å². The van der Waals surface area contributed by atoms with Gasteiger partial charge in [-0.2, -0.15) is 0 Å². The number of carbonyl (C=O) groups excluding carboxylic acids is 1. The molecule has 6 nitrogen and oxygen atoms in total. The van der Waals surface area contributed by atoms with E-state index >= 15 is 0 Å². The summed E-state index contributed by atoms with van der Waals surface area (Å²) in [5.41, 5.74) is 2.38. The predicted molar refractivity (Wildman–Crippen MR) is 104 cm³/mol. The van der Waals surface area contributed by atoms with Crippen molar-refractivity contribution in [3.05, 3.63) is 59.7 Å². The van der Waals surface area contributed by atoms with Gasteiger partial charge in [-0.15, -0.1) is 0 Å². The number of rotatable bonds is 6. The summed E-state index contributed by atoms with van der Waals surface area (Å²) in [6.45, 7) is 3.80. The molecule has 0 spiro atoms. The number of aliphatic hydroxyl groups is 1. The molecule has 2 atom stereocenters. The van der Waals surface area contributed by atoms with Gasteiger partial charge in [0.15, 0.2) is 0 Å². The van der Waals surface area contributed by atoms with Crippen LogP contribution in [0.25, 0.3) is 0 Å². The number of amides is 1. The number of anilines is 1. The van der Waals surface area contributed by atoms with Crippen LogP contribution in [0.1, 0.15) is 37.5 Å². The number of hydrogen-bond acceptors (Lipinski definition) is 4. The number of carbonyl (C=O) groups is 1. The Morgan fingerprint density at radius 1 is 1.22 bits per heavy atom. The van der Waals surface area contributed by atoms with Crippen LogP contribution < -0.4 is 9.62 Å². The molecule has 0 saturated heterocycles. The molecule has 2 unspecified atom stereocenters. The van der Waals surface area contributed by atoms with Crippen molar-refractivity contribution in [3.63, 3.8) is 0 Å². The lowest BCUT2D eigenvalue weighted by atomic mass is 10.0. The maximum absolute atomic E-state index is 12.7. The van der Waals surface area contributed by atoms with Gasteiger partial charge in [0, 0.05) is 25.2 Å². The Kier molecular flexibility index (Phi) is 5.64. The van der Waals surface area contributed by atoms with E-state index in [1.54, 1.807) is 24.0 Å². The first-order chi connectivity index (χ1) is 12.8. The van der Waals surface area contributed by atoms with E-state index in [0.717, 1.165) is 16.8 Å². The molecule has 0 fully saturated rings. The van der Waals surface area contributed by atoms with E-state index in [9.17, 15) is 18.3 Å². The van der Waals surface area contributed by atoms with Gasteiger partial charge >= 0.3 is 0 Å². The molecule has 1 heterocycles. The van der Waals surface area contributed by atoms with E-state index < -0.39 is 22.2 Å². The molecule has 0 bridgehead atoms. The van der Waals surface area contributed by atoms with Gasteiger partial charge in [0.25, 0.3) is 0 Å². The van der Waals surface area contributed by atoms with Gasteiger partial charge in [-0.05, 0) is 49.1 Å².